The van der Waals surface area contributed by atoms with Gasteiger partial charge in [0.15, 0.2) is 0 Å². The van der Waals surface area contributed by atoms with Gasteiger partial charge in [-0.05, 0) is 54.0 Å². The molecule has 2 aromatic carbocycles. The minimum Gasteiger partial charge on any atom is -0.491 e. The molecule has 0 bridgehead atoms. The lowest BCUT2D eigenvalue weighted by atomic mass is 9.89. The van der Waals surface area contributed by atoms with Crippen molar-refractivity contribution in [3.8, 4) is 16.9 Å². The standard InChI is InChI=1S/C27H39FO/c1-4-7-8-9-12-26(28)21-29-27-19-17-25(18-20-27)24-15-13-23(14-16-24)22(10-5-2)11-6-3/h13-20,22,26H,4-12,21H2,1-3H3. The smallest absolute Gasteiger partial charge is 0.134 e. The third-order valence-corrected chi connectivity index (χ3v) is 5.65. The van der Waals surface area contributed by atoms with Gasteiger partial charge in [-0.3, -0.25) is 0 Å². The van der Waals surface area contributed by atoms with Crippen LogP contribution in [-0.4, -0.2) is 12.8 Å². The van der Waals surface area contributed by atoms with Gasteiger partial charge in [0.05, 0.1) is 0 Å². The van der Waals surface area contributed by atoms with E-state index in [9.17, 15) is 4.39 Å². The lowest BCUT2D eigenvalue weighted by Gasteiger charge is -2.16. The van der Waals surface area contributed by atoms with Gasteiger partial charge in [0.1, 0.15) is 18.5 Å². The van der Waals surface area contributed by atoms with Crippen LogP contribution in [0.1, 0.15) is 90.0 Å². The van der Waals surface area contributed by atoms with Crippen molar-refractivity contribution in [1.29, 1.82) is 0 Å². The Labute approximate surface area is 177 Å². The minimum absolute atomic E-state index is 0.149. The maximum atomic E-state index is 13.9. The summed E-state index contributed by atoms with van der Waals surface area (Å²) in [7, 11) is 0. The van der Waals surface area contributed by atoms with Crippen LogP contribution in [0, 0.1) is 0 Å². The number of hydrogen-bond acceptors (Lipinski definition) is 1. The van der Waals surface area contributed by atoms with Crippen LogP contribution in [0.25, 0.3) is 11.1 Å². The molecule has 0 aliphatic carbocycles. The van der Waals surface area contributed by atoms with Crippen LogP contribution < -0.4 is 4.74 Å². The van der Waals surface area contributed by atoms with Crippen LogP contribution in [0.3, 0.4) is 0 Å². The van der Waals surface area contributed by atoms with E-state index in [1.807, 2.05) is 12.1 Å². The average Bonchev–Trinajstić information content (AvgIpc) is 2.76. The molecule has 2 heteroatoms. The highest BCUT2D eigenvalue weighted by Crippen LogP contribution is 2.29. The molecule has 160 valence electrons. The zero-order chi connectivity index (χ0) is 20.9. The molecule has 0 saturated heterocycles. The molecule has 0 aliphatic rings. The van der Waals surface area contributed by atoms with E-state index in [-0.39, 0.29) is 6.61 Å². The van der Waals surface area contributed by atoms with E-state index in [4.69, 9.17) is 4.74 Å². The molecular weight excluding hydrogens is 359 g/mol. The van der Waals surface area contributed by atoms with Crippen molar-refractivity contribution in [3.05, 3.63) is 54.1 Å². The summed E-state index contributed by atoms with van der Waals surface area (Å²) >= 11 is 0. The van der Waals surface area contributed by atoms with Gasteiger partial charge in [0, 0.05) is 0 Å². The Morgan fingerprint density at radius 3 is 1.83 bits per heavy atom. The van der Waals surface area contributed by atoms with E-state index in [1.54, 1.807) is 0 Å². The van der Waals surface area contributed by atoms with Crippen molar-refractivity contribution in [2.45, 2.75) is 90.6 Å². The normalized spacial score (nSPS) is 12.3. The molecular formula is C27H39FO. The summed E-state index contributed by atoms with van der Waals surface area (Å²) in [6, 6.07) is 17.0. The average molecular weight is 399 g/mol. The molecule has 0 aromatic heterocycles. The summed E-state index contributed by atoms with van der Waals surface area (Å²) in [5.74, 6) is 1.41. The summed E-state index contributed by atoms with van der Waals surface area (Å²) in [6.45, 7) is 6.84. The summed E-state index contributed by atoms with van der Waals surface area (Å²) < 4.78 is 19.6. The first-order valence-corrected chi connectivity index (χ1v) is 11.6. The molecule has 0 heterocycles. The first kappa shape index (κ1) is 23.4. The molecule has 0 amide bonds. The molecule has 0 fully saturated rings. The van der Waals surface area contributed by atoms with Gasteiger partial charge in [-0.2, -0.15) is 0 Å². The second kappa shape index (κ2) is 13.4. The fourth-order valence-electron chi connectivity index (χ4n) is 3.93. The zero-order valence-corrected chi connectivity index (χ0v) is 18.6. The first-order valence-electron chi connectivity index (χ1n) is 11.6. The van der Waals surface area contributed by atoms with Crippen molar-refractivity contribution in [1.82, 2.24) is 0 Å². The fourth-order valence-corrected chi connectivity index (χ4v) is 3.93. The Bertz CT molecular complexity index is 656. The van der Waals surface area contributed by atoms with E-state index in [1.165, 1.54) is 55.2 Å². The van der Waals surface area contributed by atoms with Crippen molar-refractivity contribution in [2.24, 2.45) is 0 Å². The van der Waals surface area contributed by atoms with Gasteiger partial charge >= 0.3 is 0 Å². The number of benzene rings is 2. The van der Waals surface area contributed by atoms with Gasteiger partial charge in [0.25, 0.3) is 0 Å². The lowest BCUT2D eigenvalue weighted by Crippen LogP contribution is -2.12. The molecule has 1 unspecified atom stereocenters. The van der Waals surface area contributed by atoms with Crippen molar-refractivity contribution < 1.29 is 9.13 Å². The van der Waals surface area contributed by atoms with Crippen LogP contribution >= 0.6 is 0 Å². The van der Waals surface area contributed by atoms with Crippen molar-refractivity contribution >= 4 is 0 Å². The Morgan fingerprint density at radius 2 is 1.28 bits per heavy atom. The summed E-state index contributed by atoms with van der Waals surface area (Å²) in [6.07, 6.45) is 9.13. The summed E-state index contributed by atoms with van der Waals surface area (Å²) in [4.78, 5) is 0. The first-order chi connectivity index (χ1) is 14.2. The Kier molecular flexibility index (Phi) is 10.8. The van der Waals surface area contributed by atoms with E-state index in [0.29, 0.717) is 12.3 Å². The predicted octanol–water partition coefficient (Wildman–Crippen LogP) is 8.72. The molecule has 0 aliphatic heterocycles. The van der Waals surface area contributed by atoms with Crippen molar-refractivity contribution in [3.63, 3.8) is 0 Å². The van der Waals surface area contributed by atoms with Gasteiger partial charge in [-0.15, -0.1) is 0 Å². The summed E-state index contributed by atoms with van der Waals surface area (Å²) in [5, 5.41) is 0. The minimum atomic E-state index is -0.877. The van der Waals surface area contributed by atoms with Crippen LogP contribution in [0.15, 0.2) is 48.5 Å². The van der Waals surface area contributed by atoms with Gasteiger partial charge in [-0.25, -0.2) is 4.39 Å². The fraction of sp³-hybridized carbons (Fsp3) is 0.556. The van der Waals surface area contributed by atoms with Crippen LogP contribution in [-0.2, 0) is 0 Å². The number of rotatable bonds is 14. The Balaban J connectivity index is 1.87. The maximum Gasteiger partial charge on any atom is 0.134 e. The van der Waals surface area contributed by atoms with Gasteiger partial charge < -0.3 is 4.74 Å². The van der Waals surface area contributed by atoms with E-state index < -0.39 is 6.17 Å². The molecule has 0 spiro atoms. The molecule has 29 heavy (non-hydrogen) atoms. The molecule has 2 aromatic rings. The van der Waals surface area contributed by atoms with Crippen molar-refractivity contribution in [2.75, 3.05) is 6.61 Å². The molecule has 0 radical (unpaired) electrons. The highest BCUT2D eigenvalue weighted by Gasteiger charge is 2.10. The van der Waals surface area contributed by atoms with Crippen LogP contribution in [0.4, 0.5) is 4.39 Å². The highest BCUT2D eigenvalue weighted by molar-refractivity contribution is 5.64. The van der Waals surface area contributed by atoms with E-state index in [0.717, 1.165) is 18.6 Å². The number of unbranched alkanes of at least 4 members (excludes halogenated alkanes) is 3. The quantitative estimate of drug-likeness (QED) is 0.289. The Hall–Kier alpha value is -1.83. The monoisotopic (exact) mass is 398 g/mol. The van der Waals surface area contributed by atoms with Gasteiger partial charge in [0.2, 0.25) is 0 Å². The van der Waals surface area contributed by atoms with E-state index in [2.05, 4.69) is 57.2 Å². The molecule has 2 rings (SSSR count). The predicted molar refractivity (Wildman–Crippen MR) is 124 cm³/mol. The largest absolute Gasteiger partial charge is 0.491 e. The lowest BCUT2D eigenvalue weighted by molar-refractivity contribution is 0.184. The maximum absolute atomic E-state index is 13.9. The number of halogens is 1. The van der Waals surface area contributed by atoms with E-state index >= 15 is 0 Å². The SMILES string of the molecule is CCCCCCC(F)COc1ccc(-c2ccc(C(CCC)CCC)cc2)cc1. The molecule has 0 saturated carbocycles. The number of alkyl halides is 1. The third-order valence-electron chi connectivity index (χ3n) is 5.65. The molecule has 1 nitrogen and oxygen atoms in total. The molecule has 1 atom stereocenters. The van der Waals surface area contributed by atoms with Gasteiger partial charge in [-0.1, -0.05) is 95.7 Å². The Morgan fingerprint density at radius 1 is 0.690 bits per heavy atom. The highest BCUT2D eigenvalue weighted by atomic mass is 19.1. The number of hydrogen-bond donors (Lipinski definition) is 0. The summed E-state index contributed by atoms with van der Waals surface area (Å²) in [5.41, 5.74) is 3.83. The van der Waals surface area contributed by atoms with Crippen LogP contribution in [0.2, 0.25) is 0 Å². The zero-order valence-electron chi connectivity index (χ0n) is 18.6. The third kappa shape index (κ3) is 8.20. The second-order valence-corrected chi connectivity index (χ2v) is 8.18. The number of ether oxygens (including phenoxy) is 1. The topological polar surface area (TPSA) is 9.23 Å². The molecule has 0 N–H and O–H groups in total. The van der Waals surface area contributed by atoms with Crippen LogP contribution in [0.5, 0.6) is 5.75 Å². The second-order valence-electron chi connectivity index (χ2n) is 8.18.